The Hall–Kier alpha value is -3.94. The maximum atomic E-state index is 14.0. The lowest BCUT2D eigenvalue weighted by atomic mass is 9.78. The van der Waals surface area contributed by atoms with Crippen LogP contribution in [-0.2, 0) is 14.4 Å². The third kappa shape index (κ3) is 6.10. The molecule has 7 rings (SSSR count). The Balaban J connectivity index is 1.25. The molecule has 46 heavy (non-hydrogen) atoms. The van der Waals surface area contributed by atoms with Crippen molar-refractivity contribution in [3.63, 3.8) is 0 Å². The summed E-state index contributed by atoms with van der Waals surface area (Å²) in [5.41, 5.74) is 4.42. The van der Waals surface area contributed by atoms with Gasteiger partial charge in [0.25, 0.3) is 0 Å². The first-order valence-corrected chi connectivity index (χ1v) is 17.7. The van der Waals surface area contributed by atoms with Crippen LogP contribution in [0.3, 0.4) is 0 Å². The summed E-state index contributed by atoms with van der Waals surface area (Å²) in [4.78, 5) is 49.8. The number of allylic oxidation sites excluding steroid dienone is 6. The Bertz CT molecular complexity index is 1560. The van der Waals surface area contributed by atoms with Gasteiger partial charge in [0, 0.05) is 60.5 Å². The van der Waals surface area contributed by atoms with Crippen molar-refractivity contribution >= 4 is 40.3 Å². The van der Waals surface area contributed by atoms with Crippen LogP contribution in [0.25, 0.3) is 5.57 Å². The number of ketones is 1. The third-order valence-electron chi connectivity index (χ3n) is 10.8. The van der Waals surface area contributed by atoms with Gasteiger partial charge in [-0.15, -0.1) is 0 Å². The van der Waals surface area contributed by atoms with Gasteiger partial charge in [0.05, 0.1) is 22.5 Å². The van der Waals surface area contributed by atoms with Crippen LogP contribution in [0, 0.1) is 11.8 Å². The van der Waals surface area contributed by atoms with Gasteiger partial charge in [-0.25, -0.2) is 4.99 Å². The van der Waals surface area contributed by atoms with E-state index in [-0.39, 0.29) is 46.3 Å². The van der Waals surface area contributed by atoms with Crippen LogP contribution in [0.4, 0.5) is 11.4 Å². The second-order valence-electron chi connectivity index (χ2n) is 13.9. The van der Waals surface area contributed by atoms with Crippen molar-refractivity contribution in [2.75, 3.05) is 36.4 Å². The van der Waals surface area contributed by atoms with E-state index in [0.29, 0.717) is 22.5 Å². The van der Waals surface area contributed by atoms with Crippen LogP contribution < -0.4 is 10.2 Å². The van der Waals surface area contributed by atoms with E-state index in [9.17, 15) is 19.5 Å². The lowest BCUT2D eigenvalue weighted by Gasteiger charge is -2.32. The highest BCUT2D eigenvalue weighted by atomic mass is 16.3. The number of aliphatic hydroxyl groups excluding tert-OH is 1. The van der Waals surface area contributed by atoms with Gasteiger partial charge in [-0.1, -0.05) is 25.7 Å². The molecule has 2 amide bonds. The van der Waals surface area contributed by atoms with E-state index in [2.05, 4.69) is 20.1 Å². The van der Waals surface area contributed by atoms with E-state index in [0.717, 1.165) is 115 Å². The molecule has 2 saturated heterocycles. The summed E-state index contributed by atoms with van der Waals surface area (Å²) in [5.74, 6) is -0.690. The molecule has 2 saturated carbocycles. The molecule has 2 aliphatic heterocycles. The van der Waals surface area contributed by atoms with Crippen molar-refractivity contribution in [1.29, 1.82) is 0 Å². The number of nitrogens with zero attached hydrogens (tertiary/aromatic N) is 3. The van der Waals surface area contributed by atoms with E-state index < -0.39 is 0 Å². The average Bonchev–Trinajstić information content (AvgIpc) is 3.83. The topological polar surface area (TPSA) is 102 Å². The first-order valence-electron chi connectivity index (χ1n) is 17.7. The normalized spacial score (nSPS) is 25.3. The molecule has 0 radical (unpaired) electrons. The number of Topliss-reactive ketones (excluding diaryl/α,β-unsaturated/α-hetero) is 1. The van der Waals surface area contributed by atoms with E-state index in [1.54, 1.807) is 0 Å². The zero-order valence-electron chi connectivity index (χ0n) is 26.9. The van der Waals surface area contributed by atoms with Gasteiger partial charge >= 0.3 is 0 Å². The number of rotatable bonds is 6. The zero-order chi connectivity index (χ0) is 31.6. The fraction of sp³-hybridized carbons (Fsp3) is 0.526. The number of carbonyl (C=O) groups is 3. The van der Waals surface area contributed by atoms with Gasteiger partial charge in [-0.2, -0.15) is 0 Å². The van der Waals surface area contributed by atoms with E-state index in [4.69, 9.17) is 0 Å². The number of amides is 2. The molecule has 242 valence electrons. The maximum Gasteiger partial charge on any atom is 0.249 e. The fourth-order valence-electron chi connectivity index (χ4n) is 8.08. The third-order valence-corrected chi connectivity index (χ3v) is 10.8. The first kappa shape index (κ1) is 30.7. The molecular formula is C38H46N4O4. The molecule has 1 aromatic carbocycles. The van der Waals surface area contributed by atoms with Crippen molar-refractivity contribution in [2.45, 2.75) is 89.9 Å². The van der Waals surface area contributed by atoms with Crippen molar-refractivity contribution in [3.8, 4) is 0 Å². The predicted molar refractivity (Wildman–Crippen MR) is 182 cm³/mol. The summed E-state index contributed by atoms with van der Waals surface area (Å²) in [6.07, 6.45) is 20.3. The molecule has 4 fully saturated rings. The molecule has 2 heterocycles. The second kappa shape index (κ2) is 13.4. The largest absolute Gasteiger partial charge is 0.506 e. The second-order valence-corrected chi connectivity index (χ2v) is 13.9. The number of benzene rings is 1. The number of aliphatic hydroxyl groups is 1. The molecule has 0 unspecified atom stereocenters. The molecule has 6 aliphatic rings. The van der Waals surface area contributed by atoms with Crippen molar-refractivity contribution in [1.82, 2.24) is 4.90 Å². The molecule has 0 bridgehead atoms. The summed E-state index contributed by atoms with van der Waals surface area (Å²) >= 11 is 0. The van der Waals surface area contributed by atoms with Gasteiger partial charge in [0.15, 0.2) is 0 Å². The Morgan fingerprint density at radius 1 is 0.761 bits per heavy atom. The van der Waals surface area contributed by atoms with Crippen molar-refractivity contribution < 1.29 is 19.5 Å². The smallest absolute Gasteiger partial charge is 0.249 e. The summed E-state index contributed by atoms with van der Waals surface area (Å²) < 4.78 is 0. The van der Waals surface area contributed by atoms with E-state index in [1.165, 1.54) is 12.8 Å². The average molecular weight is 623 g/mol. The molecule has 0 spiro atoms. The number of nitrogens with one attached hydrogen (secondary N) is 1. The maximum absolute atomic E-state index is 14.0. The lowest BCUT2D eigenvalue weighted by molar-refractivity contribution is -0.121. The number of hydrogen-bond donors (Lipinski definition) is 2. The Morgan fingerprint density at radius 3 is 2.04 bits per heavy atom. The Labute approximate surface area is 272 Å². The predicted octanol–water partition coefficient (Wildman–Crippen LogP) is 7.05. The molecule has 0 aromatic heterocycles. The van der Waals surface area contributed by atoms with Gasteiger partial charge in [0.1, 0.15) is 5.76 Å². The minimum atomic E-state index is -0.296. The van der Waals surface area contributed by atoms with Crippen LogP contribution in [0.5, 0.6) is 0 Å². The van der Waals surface area contributed by atoms with Crippen LogP contribution >= 0.6 is 0 Å². The zero-order valence-corrected chi connectivity index (χ0v) is 26.9. The lowest BCUT2D eigenvalue weighted by Crippen LogP contribution is -2.31. The molecule has 2 N–H and O–H groups in total. The number of carbonyl (C=O) groups excluding carboxylic acids is 3. The van der Waals surface area contributed by atoms with Gasteiger partial charge in [-0.05, 0) is 101 Å². The number of likely N-dealkylation sites (tertiary alicyclic amines) is 1. The highest BCUT2D eigenvalue weighted by Crippen LogP contribution is 2.43. The molecular weight excluding hydrogens is 576 g/mol. The van der Waals surface area contributed by atoms with Gasteiger partial charge in [0.2, 0.25) is 17.6 Å². The summed E-state index contributed by atoms with van der Waals surface area (Å²) in [6, 6.07) is 5.82. The minimum Gasteiger partial charge on any atom is -0.506 e. The summed E-state index contributed by atoms with van der Waals surface area (Å²) in [5, 5.41) is 14.7. The molecule has 4 aliphatic carbocycles. The molecule has 0 atom stereocenters. The Morgan fingerprint density at radius 2 is 1.39 bits per heavy atom. The number of aliphatic imine (C=N–C) groups is 1. The first-order chi connectivity index (χ1) is 22.5. The van der Waals surface area contributed by atoms with Crippen molar-refractivity contribution in [2.24, 2.45) is 16.8 Å². The number of anilines is 2. The molecule has 8 heteroatoms. The van der Waals surface area contributed by atoms with E-state index >= 15 is 0 Å². The molecule has 8 nitrogen and oxygen atoms in total. The minimum absolute atomic E-state index is 0.0228. The fourth-order valence-corrected chi connectivity index (χ4v) is 8.08. The van der Waals surface area contributed by atoms with Crippen LogP contribution in [0.2, 0.25) is 0 Å². The van der Waals surface area contributed by atoms with Crippen LogP contribution in [0.1, 0.15) is 95.5 Å². The van der Waals surface area contributed by atoms with Crippen LogP contribution in [-0.4, -0.2) is 59.5 Å². The monoisotopic (exact) mass is 622 g/mol. The van der Waals surface area contributed by atoms with Crippen LogP contribution in [0.15, 0.2) is 64.0 Å². The molecule has 1 aromatic rings. The highest BCUT2D eigenvalue weighted by molar-refractivity contribution is 6.42. The standard InChI is InChI=1S/C38H46N4O4/c43-35-33(29-17-15-27(41-19-7-1-8-20-41)23-31(29)39-37(45)25-11-3-4-12-25)36(44)34(35)30-18-16-28(42-21-9-2-10-22-42)24-32(30)40-38(46)26-13-5-6-14-26/h15-18,23-26,43H,1-14,19-22H2,(H,39,45)/b34-30+,40-32?. The van der Waals surface area contributed by atoms with E-state index in [1.807, 2.05) is 36.4 Å². The van der Waals surface area contributed by atoms with Gasteiger partial charge in [-0.3, -0.25) is 14.4 Å². The number of hydrogen-bond acceptors (Lipinski definition) is 6. The summed E-state index contributed by atoms with van der Waals surface area (Å²) in [6.45, 7) is 3.81. The summed E-state index contributed by atoms with van der Waals surface area (Å²) in [7, 11) is 0. The highest BCUT2D eigenvalue weighted by Gasteiger charge is 2.40. The Kier molecular flexibility index (Phi) is 8.96. The SMILES string of the molecule is O=C1C(c2ccc(N3CCCCC3)cc2NC(=O)C2CCCC2)=C(O)/C1=C1/C=CC(N2CCCCC2)=CC1=NC(=O)C1CCCC1. The number of piperidine rings is 2. The van der Waals surface area contributed by atoms with Crippen molar-refractivity contribution in [3.05, 3.63) is 64.6 Å². The van der Waals surface area contributed by atoms with Gasteiger partial charge < -0.3 is 20.2 Å². The quantitative estimate of drug-likeness (QED) is 0.330.